The van der Waals surface area contributed by atoms with E-state index in [1.54, 1.807) is 0 Å². The smallest absolute Gasteiger partial charge is 0.272 e. The van der Waals surface area contributed by atoms with Crippen molar-refractivity contribution >= 4 is 23.6 Å². The van der Waals surface area contributed by atoms with E-state index in [0.29, 0.717) is 11.0 Å². The van der Waals surface area contributed by atoms with Gasteiger partial charge < -0.3 is 0 Å². The molecule has 29 heavy (non-hydrogen) atoms. The van der Waals surface area contributed by atoms with Crippen LogP contribution in [0.25, 0.3) is 5.69 Å². The normalized spacial score (nSPS) is 10.6. The Labute approximate surface area is 171 Å². The highest BCUT2D eigenvalue weighted by Gasteiger charge is 2.16. The first-order valence-corrected chi connectivity index (χ1v) is 9.81. The molecule has 0 fully saturated rings. The van der Waals surface area contributed by atoms with Crippen LogP contribution < -0.4 is 10.9 Å². The van der Waals surface area contributed by atoms with Crippen LogP contribution in [0, 0.1) is 26.6 Å². The van der Waals surface area contributed by atoms with Crippen LogP contribution in [0.3, 0.4) is 0 Å². The van der Waals surface area contributed by atoms with E-state index >= 15 is 0 Å². The van der Waals surface area contributed by atoms with E-state index in [4.69, 9.17) is 0 Å². The molecule has 2 amide bonds. The quantitative estimate of drug-likeness (QED) is 0.496. The lowest BCUT2D eigenvalue weighted by atomic mass is 10.1. The van der Waals surface area contributed by atoms with Gasteiger partial charge in [0.15, 0.2) is 5.16 Å². The summed E-state index contributed by atoms with van der Waals surface area (Å²) in [5.74, 6) is -1.13. The Bertz CT molecular complexity index is 1070. The number of benzene rings is 2. The SMILES string of the molecule is Cc1ccc(C)c(-n2c(C)nnc2SCC(=O)NNC(=O)c2ccccc2F)c1. The molecule has 150 valence electrons. The summed E-state index contributed by atoms with van der Waals surface area (Å²) >= 11 is 1.19. The van der Waals surface area contributed by atoms with Gasteiger partial charge in [-0.3, -0.25) is 25.0 Å². The van der Waals surface area contributed by atoms with Gasteiger partial charge in [0.1, 0.15) is 11.6 Å². The number of nitrogens with zero attached hydrogens (tertiary/aromatic N) is 3. The third-order valence-corrected chi connectivity index (χ3v) is 5.10. The fraction of sp³-hybridized carbons (Fsp3) is 0.200. The summed E-state index contributed by atoms with van der Waals surface area (Å²) in [4.78, 5) is 24.1. The summed E-state index contributed by atoms with van der Waals surface area (Å²) in [5, 5.41) is 8.82. The first-order chi connectivity index (χ1) is 13.9. The van der Waals surface area contributed by atoms with Crippen molar-refractivity contribution in [1.29, 1.82) is 0 Å². The van der Waals surface area contributed by atoms with Crippen LogP contribution in [0.2, 0.25) is 0 Å². The van der Waals surface area contributed by atoms with E-state index in [-0.39, 0.29) is 11.3 Å². The van der Waals surface area contributed by atoms with Crippen LogP contribution in [0.5, 0.6) is 0 Å². The number of hydrogen-bond acceptors (Lipinski definition) is 5. The molecule has 7 nitrogen and oxygen atoms in total. The number of halogens is 1. The number of carbonyl (C=O) groups is 2. The molecule has 0 unspecified atom stereocenters. The number of carbonyl (C=O) groups excluding carboxylic acids is 2. The van der Waals surface area contributed by atoms with Crippen molar-refractivity contribution in [3.05, 3.63) is 70.8 Å². The van der Waals surface area contributed by atoms with Crippen molar-refractivity contribution in [2.75, 3.05) is 5.75 Å². The van der Waals surface area contributed by atoms with Gasteiger partial charge in [0.25, 0.3) is 5.91 Å². The molecule has 3 rings (SSSR count). The molecule has 2 N–H and O–H groups in total. The minimum atomic E-state index is -0.726. The van der Waals surface area contributed by atoms with Gasteiger partial charge in [-0.2, -0.15) is 0 Å². The number of hydrogen-bond donors (Lipinski definition) is 2. The second-order valence-corrected chi connectivity index (χ2v) is 7.37. The van der Waals surface area contributed by atoms with E-state index in [9.17, 15) is 14.0 Å². The molecule has 3 aromatic rings. The lowest BCUT2D eigenvalue weighted by Crippen LogP contribution is -2.42. The second-order valence-electron chi connectivity index (χ2n) is 6.43. The van der Waals surface area contributed by atoms with Crippen LogP contribution in [0.4, 0.5) is 4.39 Å². The maximum absolute atomic E-state index is 13.6. The molecule has 0 radical (unpaired) electrons. The van der Waals surface area contributed by atoms with E-state index in [0.717, 1.165) is 16.8 Å². The molecule has 0 aliphatic carbocycles. The highest BCUT2D eigenvalue weighted by molar-refractivity contribution is 7.99. The van der Waals surface area contributed by atoms with Gasteiger partial charge in [0.2, 0.25) is 5.91 Å². The largest absolute Gasteiger partial charge is 0.274 e. The number of aromatic nitrogens is 3. The molecule has 0 aliphatic heterocycles. The molecule has 0 saturated carbocycles. The highest BCUT2D eigenvalue weighted by atomic mass is 32.2. The topological polar surface area (TPSA) is 88.9 Å². The Morgan fingerprint density at radius 2 is 1.83 bits per heavy atom. The molecule has 0 saturated heterocycles. The highest BCUT2D eigenvalue weighted by Crippen LogP contribution is 2.24. The first kappa shape index (κ1) is 20.5. The number of rotatable bonds is 5. The molecule has 0 atom stereocenters. The molecule has 0 bridgehead atoms. The van der Waals surface area contributed by atoms with Crippen molar-refractivity contribution in [2.24, 2.45) is 0 Å². The monoisotopic (exact) mass is 413 g/mol. The van der Waals surface area contributed by atoms with Gasteiger partial charge in [0, 0.05) is 0 Å². The van der Waals surface area contributed by atoms with E-state index in [2.05, 4.69) is 21.0 Å². The summed E-state index contributed by atoms with van der Waals surface area (Å²) in [7, 11) is 0. The maximum atomic E-state index is 13.6. The van der Waals surface area contributed by atoms with Crippen molar-refractivity contribution < 1.29 is 14.0 Å². The standard InChI is InChI=1S/C20H20FN5O2S/c1-12-8-9-13(2)17(10-12)26-14(3)22-25-20(26)29-11-18(27)23-24-19(28)15-6-4-5-7-16(15)21/h4-10H,11H2,1-3H3,(H,23,27)(H,24,28). The number of hydrazine groups is 1. The zero-order valence-electron chi connectivity index (χ0n) is 16.2. The Hall–Kier alpha value is -3.20. The summed E-state index contributed by atoms with van der Waals surface area (Å²) in [6.07, 6.45) is 0. The Balaban J connectivity index is 1.64. The van der Waals surface area contributed by atoms with E-state index in [1.807, 2.05) is 43.5 Å². The minimum absolute atomic E-state index is 0.000544. The maximum Gasteiger partial charge on any atom is 0.272 e. The van der Waals surface area contributed by atoms with E-state index in [1.165, 1.54) is 36.0 Å². The molecular weight excluding hydrogens is 393 g/mol. The fourth-order valence-corrected chi connectivity index (χ4v) is 3.47. The number of thioether (sulfide) groups is 1. The van der Waals surface area contributed by atoms with Crippen molar-refractivity contribution in [2.45, 2.75) is 25.9 Å². The number of amides is 2. The van der Waals surface area contributed by atoms with Crippen LogP contribution in [-0.2, 0) is 4.79 Å². The van der Waals surface area contributed by atoms with Gasteiger partial charge in [-0.25, -0.2) is 4.39 Å². The Kier molecular flexibility index (Phi) is 6.28. The zero-order chi connectivity index (χ0) is 21.0. The third-order valence-electron chi connectivity index (χ3n) is 4.17. The molecule has 9 heteroatoms. The Morgan fingerprint density at radius 1 is 1.07 bits per heavy atom. The average molecular weight is 413 g/mol. The van der Waals surface area contributed by atoms with Crippen LogP contribution in [-0.4, -0.2) is 32.3 Å². The van der Waals surface area contributed by atoms with Gasteiger partial charge >= 0.3 is 0 Å². The van der Waals surface area contributed by atoms with Crippen LogP contribution in [0.15, 0.2) is 47.6 Å². The van der Waals surface area contributed by atoms with Gasteiger partial charge in [-0.05, 0) is 50.1 Å². The van der Waals surface area contributed by atoms with Crippen LogP contribution in [0.1, 0.15) is 27.3 Å². The first-order valence-electron chi connectivity index (χ1n) is 8.83. The zero-order valence-corrected chi connectivity index (χ0v) is 17.0. The fourth-order valence-electron chi connectivity index (χ4n) is 2.68. The molecule has 1 aromatic heterocycles. The lowest BCUT2D eigenvalue weighted by molar-refractivity contribution is -0.119. The van der Waals surface area contributed by atoms with Gasteiger partial charge in [-0.1, -0.05) is 36.0 Å². The third kappa shape index (κ3) is 4.80. The predicted octanol–water partition coefficient (Wildman–Crippen LogP) is 2.88. The molecule has 1 heterocycles. The second kappa shape index (κ2) is 8.87. The van der Waals surface area contributed by atoms with Crippen LogP contribution >= 0.6 is 11.8 Å². The predicted molar refractivity (Wildman–Crippen MR) is 108 cm³/mol. The molecule has 0 spiro atoms. The van der Waals surface area contributed by atoms with Gasteiger partial charge in [0.05, 0.1) is 17.0 Å². The van der Waals surface area contributed by atoms with E-state index < -0.39 is 17.6 Å². The summed E-state index contributed by atoms with van der Waals surface area (Å²) in [5.41, 5.74) is 7.45. The molecular formula is C20H20FN5O2S. The number of aryl methyl sites for hydroxylation is 3. The minimum Gasteiger partial charge on any atom is -0.274 e. The average Bonchev–Trinajstić information content (AvgIpc) is 3.07. The molecule has 0 aliphatic rings. The summed E-state index contributed by atoms with van der Waals surface area (Å²) in [6, 6.07) is 11.6. The van der Waals surface area contributed by atoms with Crippen molar-refractivity contribution in [3.63, 3.8) is 0 Å². The summed E-state index contributed by atoms with van der Waals surface area (Å²) < 4.78 is 15.5. The van der Waals surface area contributed by atoms with Crippen molar-refractivity contribution in [1.82, 2.24) is 25.6 Å². The Morgan fingerprint density at radius 3 is 2.59 bits per heavy atom. The number of nitrogens with one attached hydrogen (secondary N) is 2. The van der Waals surface area contributed by atoms with Gasteiger partial charge in [-0.15, -0.1) is 10.2 Å². The summed E-state index contributed by atoms with van der Waals surface area (Å²) in [6.45, 7) is 5.84. The lowest BCUT2D eigenvalue weighted by Gasteiger charge is -2.12. The van der Waals surface area contributed by atoms with Crippen molar-refractivity contribution in [3.8, 4) is 5.69 Å². The molecule has 2 aromatic carbocycles.